The number of morpholine rings is 1. The van der Waals surface area contributed by atoms with Crippen molar-refractivity contribution in [1.29, 1.82) is 0 Å². The molecule has 2 saturated heterocycles. The summed E-state index contributed by atoms with van der Waals surface area (Å²) in [5.74, 6) is 1.89. The Bertz CT molecular complexity index is 881. The van der Waals surface area contributed by atoms with Gasteiger partial charge in [-0.1, -0.05) is 24.3 Å². The number of halogens is 1. The minimum absolute atomic E-state index is 0. The summed E-state index contributed by atoms with van der Waals surface area (Å²) in [6.07, 6.45) is 5.76. The van der Waals surface area contributed by atoms with E-state index >= 15 is 0 Å². The lowest BCUT2D eigenvalue weighted by atomic mass is 10.1. The molecule has 4 rings (SSSR count). The minimum Gasteiger partial charge on any atom is -0.379 e. The number of guanidine groups is 1. The molecule has 180 valence electrons. The van der Waals surface area contributed by atoms with E-state index in [9.17, 15) is 0 Å². The highest BCUT2D eigenvalue weighted by molar-refractivity contribution is 14.0. The lowest BCUT2D eigenvalue weighted by molar-refractivity contribution is 0.0341. The number of aliphatic imine (C=N–C) groups is 1. The average Bonchev–Trinajstić information content (AvgIpc) is 2.86. The van der Waals surface area contributed by atoms with Crippen molar-refractivity contribution >= 4 is 35.8 Å². The summed E-state index contributed by atoms with van der Waals surface area (Å²) in [4.78, 5) is 13.9. The van der Waals surface area contributed by atoms with E-state index in [0.29, 0.717) is 0 Å². The van der Waals surface area contributed by atoms with Crippen LogP contribution in [0.2, 0.25) is 0 Å². The van der Waals surface area contributed by atoms with Crippen molar-refractivity contribution in [3.63, 3.8) is 0 Å². The van der Waals surface area contributed by atoms with Gasteiger partial charge in [0.1, 0.15) is 5.82 Å². The lowest BCUT2D eigenvalue weighted by Gasteiger charge is -2.28. The second-order valence-electron chi connectivity index (χ2n) is 8.51. The number of piperidine rings is 1. The van der Waals surface area contributed by atoms with E-state index < -0.39 is 0 Å². The van der Waals surface area contributed by atoms with Crippen LogP contribution in [0.1, 0.15) is 36.0 Å². The number of pyridine rings is 1. The Hall–Kier alpha value is -1.91. The molecule has 2 aliphatic heterocycles. The van der Waals surface area contributed by atoms with Gasteiger partial charge >= 0.3 is 0 Å². The van der Waals surface area contributed by atoms with E-state index in [1.54, 1.807) is 0 Å². The van der Waals surface area contributed by atoms with Crippen LogP contribution in [0.15, 0.2) is 47.6 Å². The Labute approximate surface area is 215 Å². The second-order valence-corrected chi connectivity index (χ2v) is 8.51. The Balaban J connectivity index is 0.00000306. The average molecular weight is 565 g/mol. The van der Waals surface area contributed by atoms with Crippen molar-refractivity contribution in [2.24, 2.45) is 4.99 Å². The molecule has 0 unspecified atom stereocenters. The van der Waals surface area contributed by atoms with Crippen LogP contribution >= 0.6 is 24.0 Å². The molecule has 0 spiro atoms. The van der Waals surface area contributed by atoms with Crippen molar-refractivity contribution < 1.29 is 4.74 Å². The molecular formula is C25H37IN6O. The first-order chi connectivity index (χ1) is 15.8. The summed E-state index contributed by atoms with van der Waals surface area (Å²) in [6, 6.07) is 12.9. The van der Waals surface area contributed by atoms with Gasteiger partial charge in [0.05, 0.1) is 13.2 Å². The molecule has 2 N–H and O–H groups in total. The minimum atomic E-state index is 0. The summed E-state index contributed by atoms with van der Waals surface area (Å²) >= 11 is 0. The third-order valence-electron chi connectivity index (χ3n) is 6.24. The number of ether oxygens (including phenoxy) is 1. The van der Waals surface area contributed by atoms with Crippen LogP contribution in [0.25, 0.3) is 0 Å². The van der Waals surface area contributed by atoms with Crippen molar-refractivity contribution in [2.45, 2.75) is 38.9 Å². The van der Waals surface area contributed by atoms with Gasteiger partial charge in [0.2, 0.25) is 0 Å². The topological polar surface area (TPSA) is 65.0 Å². The Kier molecular flexibility index (Phi) is 10.7. The van der Waals surface area contributed by atoms with Crippen molar-refractivity contribution in [3.8, 4) is 0 Å². The van der Waals surface area contributed by atoms with E-state index in [1.807, 2.05) is 13.2 Å². The second kappa shape index (κ2) is 13.7. The third kappa shape index (κ3) is 7.82. The number of hydrogen-bond donors (Lipinski definition) is 2. The van der Waals surface area contributed by atoms with Crippen LogP contribution in [0.5, 0.6) is 0 Å². The van der Waals surface area contributed by atoms with E-state index in [4.69, 9.17) is 4.74 Å². The monoisotopic (exact) mass is 564 g/mol. The molecule has 0 radical (unpaired) electrons. The summed E-state index contributed by atoms with van der Waals surface area (Å²) in [7, 11) is 1.82. The van der Waals surface area contributed by atoms with Crippen molar-refractivity contribution in [3.05, 3.63) is 59.3 Å². The van der Waals surface area contributed by atoms with Crippen molar-refractivity contribution in [1.82, 2.24) is 20.5 Å². The maximum atomic E-state index is 5.48. The fourth-order valence-corrected chi connectivity index (χ4v) is 4.34. The zero-order chi connectivity index (χ0) is 22.0. The van der Waals surface area contributed by atoms with Crippen LogP contribution in [-0.2, 0) is 24.4 Å². The summed E-state index contributed by atoms with van der Waals surface area (Å²) in [5.41, 5.74) is 3.88. The van der Waals surface area contributed by atoms with Gasteiger partial charge in [-0.25, -0.2) is 4.98 Å². The number of anilines is 1. The van der Waals surface area contributed by atoms with E-state index in [0.717, 1.165) is 70.8 Å². The number of hydrogen-bond acceptors (Lipinski definition) is 5. The Morgan fingerprint density at radius 1 is 0.970 bits per heavy atom. The van der Waals surface area contributed by atoms with E-state index in [2.05, 4.69) is 66.8 Å². The predicted octanol–water partition coefficient (Wildman–Crippen LogP) is 3.39. The van der Waals surface area contributed by atoms with Crippen LogP contribution in [0.4, 0.5) is 5.82 Å². The maximum absolute atomic E-state index is 5.48. The van der Waals surface area contributed by atoms with E-state index in [1.165, 1.54) is 36.0 Å². The highest BCUT2D eigenvalue weighted by atomic mass is 127. The first kappa shape index (κ1) is 25.7. The molecule has 3 heterocycles. The molecule has 0 bridgehead atoms. The molecule has 0 amide bonds. The van der Waals surface area contributed by atoms with Gasteiger partial charge in [0.25, 0.3) is 0 Å². The summed E-state index contributed by atoms with van der Waals surface area (Å²) in [5, 5.41) is 6.93. The van der Waals surface area contributed by atoms with Gasteiger partial charge in [0.15, 0.2) is 5.96 Å². The molecule has 7 nitrogen and oxygen atoms in total. The van der Waals surface area contributed by atoms with Gasteiger partial charge in [0, 0.05) is 59.1 Å². The molecule has 2 fully saturated rings. The zero-order valence-corrected chi connectivity index (χ0v) is 22.0. The lowest BCUT2D eigenvalue weighted by Crippen LogP contribution is -2.37. The Morgan fingerprint density at radius 3 is 2.45 bits per heavy atom. The molecule has 0 aliphatic carbocycles. The fourth-order valence-electron chi connectivity index (χ4n) is 4.34. The van der Waals surface area contributed by atoms with E-state index in [-0.39, 0.29) is 24.0 Å². The van der Waals surface area contributed by atoms with Crippen LogP contribution in [-0.4, -0.2) is 62.3 Å². The largest absolute Gasteiger partial charge is 0.379 e. The highest BCUT2D eigenvalue weighted by Gasteiger charge is 2.14. The molecular weight excluding hydrogens is 527 g/mol. The van der Waals surface area contributed by atoms with Gasteiger partial charge in [-0.05, 0) is 48.1 Å². The molecule has 2 aliphatic rings. The molecule has 1 aromatic carbocycles. The van der Waals surface area contributed by atoms with Crippen LogP contribution in [0, 0.1) is 0 Å². The number of benzene rings is 1. The third-order valence-corrected chi connectivity index (χ3v) is 6.24. The molecule has 8 heteroatoms. The van der Waals surface area contributed by atoms with Crippen LogP contribution < -0.4 is 15.5 Å². The first-order valence-electron chi connectivity index (χ1n) is 11.8. The standard InChI is InChI=1S/C25H36N6O.HI/c1-26-25(28-18-21-9-10-27-24(17-21)31-11-5-2-6-12-31)29-19-22-7-3-4-8-23(22)20-30-13-15-32-16-14-30;/h3-4,7-10,17H,2,5-6,11-16,18-20H2,1H3,(H2,26,28,29);1H. The van der Waals surface area contributed by atoms with Gasteiger partial charge in [-0.15, -0.1) is 24.0 Å². The normalized spacial score (nSPS) is 17.4. The quantitative estimate of drug-likeness (QED) is 0.306. The number of rotatable bonds is 7. The Morgan fingerprint density at radius 2 is 1.70 bits per heavy atom. The number of aromatic nitrogens is 1. The SMILES string of the molecule is CN=C(NCc1ccnc(N2CCCCC2)c1)NCc1ccccc1CN1CCOCC1.I. The van der Waals surface area contributed by atoms with Gasteiger partial charge in [-0.3, -0.25) is 9.89 Å². The number of nitrogens with zero attached hydrogens (tertiary/aromatic N) is 4. The maximum Gasteiger partial charge on any atom is 0.191 e. The van der Waals surface area contributed by atoms with Gasteiger partial charge < -0.3 is 20.3 Å². The predicted molar refractivity (Wildman–Crippen MR) is 145 cm³/mol. The summed E-state index contributed by atoms with van der Waals surface area (Å²) < 4.78 is 5.48. The van der Waals surface area contributed by atoms with Crippen molar-refractivity contribution in [2.75, 3.05) is 51.3 Å². The van der Waals surface area contributed by atoms with Gasteiger partial charge in [-0.2, -0.15) is 0 Å². The summed E-state index contributed by atoms with van der Waals surface area (Å²) in [6.45, 7) is 8.29. The fraction of sp³-hybridized carbons (Fsp3) is 0.520. The molecule has 0 atom stereocenters. The smallest absolute Gasteiger partial charge is 0.191 e. The zero-order valence-electron chi connectivity index (χ0n) is 19.6. The number of nitrogens with one attached hydrogen (secondary N) is 2. The molecule has 33 heavy (non-hydrogen) atoms. The molecule has 1 aromatic heterocycles. The molecule has 2 aromatic rings. The molecule has 0 saturated carbocycles. The highest BCUT2D eigenvalue weighted by Crippen LogP contribution is 2.18. The first-order valence-corrected chi connectivity index (χ1v) is 11.8. The van der Waals surface area contributed by atoms with Crippen LogP contribution in [0.3, 0.4) is 0 Å².